The molecule has 0 saturated carbocycles. The molecule has 0 aliphatic carbocycles. The first-order chi connectivity index (χ1) is 9.22. The second-order valence-corrected chi connectivity index (χ2v) is 5.70. The molecule has 0 aromatic carbocycles. The Morgan fingerprint density at radius 1 is 1.37 bits per heavy atom. The summed E-state index contributed by atoms with van der Waals surface area (Å²) in [5, 5.41) is 3.53. The van der Waals surface area contributed by atoms with Crippen LogP contribution in [0.2, 0.25) is 0 Å². The van der Waals surface area contributed by atoms with Gasteiger partial charge in [-0.05, 0) is 38.8 Å². The fraction of sp³-hybridized carbons (Fsp3) is 0.867. The number of ether oxygens (including phenoxy) is 2. The summed E-state index contributed by atoms with van der Waals surface area (Å²) in [4.78, 5) is 2.58. The lowest BCUT2D eigenvalue weighted by Gasteiger charge is -2.48. The number of likely N-dealkylation sites (N-methyl/N-ethyl adjacent to an activating group) is 1. The second-order valence-electron chi connectivity index (χ2n) is 5.70. The average Bonchev–Trinajstić information content (AvgIpc) is 2.49. The van der Waals surface area contributed by atoms with Crippen LogP contribution in [0.4, 0.5) is 0 Å². The molecule has 1 saturated heterocycles. The van der Waals surface area contributed by atoms with Crippen LogP contribution in [-0.4, -0.2) is 56.4 Å². The highest BCUT2D eigenvalue weighted by Crippen LogP contribution is 2.31. The Morgan fingerprint density at radius 3 is 2.63 bits per heavy atom. The standard InChI is InChI=1S/C15H28N2O2/c1-4-15(2,17-7-10-18-11-8-17)14(16-3)13-6-5-9-19-12-13/h12,14,16H,4-11H2,1-3H3. The van der Waals surface area contributed by atoms with Crippen LogP contribution in [-0.2, 0) is 9.47 Å². The molecule has 0 radical (unpaired) electrons. The first-order valence-electron chi connectivity index (χ1n) is 7.53. The number of rotatable bonds is 5. The maximum Gasteiger partial charge on any atom is 0.0876 e. The van der Waals surface area contributed by atoms with Crippen molar-refractivity contribution in [3.63, 3.8) is 0 Å². The Hall–Kier alpha value is -0.580. The van der Waals surface area contributed by atoms with E-state index in [9.17, 15) is 0 Å². The number of nitrogens with zero attached hydrogens (tertiary/aromatic N) is 1. The van der Waals surface area contributed by atoms with Crippen LogP contribution in [0.3, 0.4) is 0 Å². The van der Waals surface area contributed by atoms with Gasteiger partial charge in [0.25, 0.3) is 0 Å². The first-order valence-corrected chi connectivity index (χ1v) is 7.53. The van der Waals surface area contributed by atoms with Crippen LogP contribution in [0.5, 0.6) is 0 Å². The Labute approximate surface area is 117 Å². The molecule has 2 rings (SSSR count). The SMILES string of the molecule is CCC(C)(C(NC)C1=COCCC1)N1CCOCC1. The number of hydrogen-bond acceptors (Lipinski definition) is 4. The monoisotopic (exact) mass is 268 g/mol. The largest absolute Gasteiger partial charge is 0.501 e. The van der Waals surface area contributed by atoms with Gasteiger partial charge in [0.05, 0.1) is 26.1 Å². The van der Waals surface area contributed by atoms with E-state index < -0.39 is 0 Å². The lowest BCUT2D eigenvalue weighted by atomic mass is 9.81. The maximum atomic E-state index is 5.55. The van der Waals surface area contributed by atoms with Crippen molar-refractivity contribution in [3.05, 3.63) is 11.8 Å². The summed E-state index contributed by atoms with van der Waals surface area (Å²) >= 11 is 0. The molecule has 2 unspecified atom stereocenters. The van der Waals surface area contributed by atoms with E-state index in [2.05, 4.69) is 31.1 Å². The van der Waals surface area contributed by atoms with Gasteiger partial charge in [-0.3, -0.25) is 4.90 Å². The van der Waals surface area contributed by atoms with Crippen molar-refractivity contribution < 1.29 is 9.47 Å². The van der Waals surface area contributed by atoms with E-state index in [0.717, 1.165) is 52.2 Å². The number of nitrogens with one attached hydrogen (secondary N) is 1. The minimum atomic E-state index is 0.130. The van der Waals surface area contributed by atoms with Gasteiger partial charge in [0.2, 0.25) is 0 Å². The van der Waals surface area contributed by atoms with E-state index in [1.54, 1.807) is 0 Å². The van der Waals surface area contributed by atoms with Gasteiger partial charge in [-0.1, -0.05) is 6.92 Å². The molecular formula is C15H28N2O2. The van der Waals surface area contributed by atoms with Gasteiger partial charge >= 0.3 is 0 Å². The molecule has 0 amide bonds. The average molecular weight is 268 g/mol. The van der Waals surface area contributed by atoms with Crippen molar-refractivity contribution in [2.45, 2.75) is 44.7 Å². The first kappa shape index (κ1) is 14.8. The summed E-state index contributed by atoms with van der Waals surface area (Å²) in [6, 6.07) is 0.357. The van der Waals surface area contributed by atoms with E-state index in [0.29, 0.717) is 6.04 Å². The minimum Gasteiger partial charge on any atom is -0.501 e. The van der Waals surface area contributed by atoms with E-state index in [1.165, 1.54) is 5.57 Å². The van der Waals surface area contributed by atoms with Crippen LogP contribution in [0, 0.1) is 0 Å². The lowest BCUT2D eigenvalue weighted by molar-refractivity contribution is -0.0279. The molecule has 0 aromatic rings. The third-order valence-corrected chi connectivity index (χ3v) is 4.69. The molecular weight excluding hydrogens is 240 g/mol. The molecule has 2 aliphatic rings. The Kier molecular flexibility index (Phi) is 5.25. The zero-order valence-corrected chi connectivity index (χ0v) is 12.6. The summed E-state index contributed by atoms with van der Waals surface area (Å²) in [5.74, 6) is 0. The molecule has 4 heteroatoms. The third-order valence-electron chi connectivity index (χ3n) is 4.69. The number of morpholine rings is 1. The second kappa shape index (κ2) is 6.73. The molecule has 110 valence electrons. The topological polar surface area (TPSA) is 33.7 Å². The van der Waals surface area contributed by atoms with Crippen LogP contribution >= 0.6 is 0 Å². The van der Waals surface area contributed by atoms with Gasteiger partial charge in [-0.15, -0.1) is 0 Å². The van der Waals surface area contributed by atoms with Crippen LogP contribution in [0.25, 0.3) is 0 Å². The highest BCUT2D eigenvalue weighted by molar-refractivity contribution is 5.18. The fourth-order valence-corrected chi connectivity index (χ4v) is 3.38. The molecule has 4 nitrogen and oxygen atoms in total. The molecule has 19 heavy (non-hydrogen) atoms. The Morgan fingerprint density at radius 2 is 2.11 bits per heavy atom. The summed E-state index contributed by atoms with van der Waals surface area (Å²) in [6.07, 6.45) is 5.38. The van der Waals surface area contributed by atoms with Crippen LogP contribution < -0.4 is 5.32 Å². The van der Waals surface area contributed by atoms with Crippen molar-refractivity contribution in [1.29, 1.82) is 0 Å². The van der Waals surface area contributed by atoms with Crippen molar-refractivity contribution in [1.82, 2.24) is 10.2 Å². The Balaban J connectivity index is 2.18. The normalized spacial score (nSPS) is 26.2. The minimum absolute atomic E-state index is 0.130. The van der Waals surface area contributed by atoms with Gasteiger partial charge in [-0.2, -0.15) is 0 Å². The number of hydrogen-bond donors (Lipinski definition) is 1. The van der Waals surface area contributed by atoms with E-state index in [1.807, 2.05) is 6.26 Å². The van der Waals surface area contributed by atoms with Gasteiger partial charge < -0.3 is 14.8 Å². The highest BCUT2D eigenvalue weighted by atomic mass is 16.5. The maximum absolute atomic E-state index is 5.55. The molecule has 0 bridgehead atoms. The van der Waals surface area contributed by atoms with E-state index in [4.69, 9.17) is 9.47 Å². The fourth-order valence-electron chi connectivity index (χ4n) is 3.38. The van der Waals surface area contributed by atoms with Gasteiger partial charge in [0.1, 0.15) is 0 Å². The van der Waals surface area contributed by atoms with E-state index >= 15 is 0 Å². The van der Waals surface area contributed by atoms with Gasteiger partial charge in [0, 0.05) is 24.7 Å². The molecule has 1 fully saturated rings. The summed E-state index contributed by atoms with van der Waals surface area (Å²) in [7, 11) is 2.06. The van der Waals surface area contributed by atoms with Crippen molar-refractivity contribution >= 4 is 0 Å². The predicted octanol–water partition coefficient (Wildman–Crippen LogP) is 1.77. The third kappa shape index (κ3) is 3.12. The molecule has 2 aliphatic heterocycles. The summed E-state index contributed by atoms with van der Waals surface area (Å²) in [6.45, 7) is 9.26. The molecule has 0 spiro atoms. The smallest absolute Gasteiger partial charge is 0.0876 e. The zero-order chi connectivity index (χ0) is 13.7. The van der Waals surface area contributed by atoms with Crippen molar-refractivity contribution in [2.75, 3.05) is 40.0 Å². The summed E-state index contributed by atoms with van der Waals surface area (Å²) in [5.41, 5.74) is 1.54. The van der Waals surface area contributed by atoms with Crippen molar-refractivity contribution in [3.8, 4) is 0 Å². The highest BCUT2D eigenvalue weighted by Gasteiger charge is 2.40. The molecule has 1 N–H and O–H groups in total. The predicted molar refractivity (Wildman–Crippen MR) is 77.2 cm³/mol. The summed E-state index contributed by atoms with van der Waals surface area (Å²) < 4.78 is 11.0. The molecule has 2 heterocycles. The zero-order valence-electron chi connectivity index (χ0n) is 12.6. The van der Waals surface area contributed by atoms with E-state index in [-0.39, 0.29) is 5.54 Å². The van der Waals surface area contributed by atoms with Gasteiger partial charge in [-0.25, -0.2) is 0 Å². The van der Waals surface area contributed by atoms with Gasteiger partial charge in [0.15, 0.2) is 0 Å². The quantitative estimate of drug-likeness (QED) is 0.824. The molecule has 2 atom stereocenters. The Bertz CT molecular complexity index is 313. The lowest BCUT2D eigenvalue weighted by Crippen LogP contribution is -2.62. The van der Waals surface area contributed by atoms with Crippen LogP contribution in [0.15, 0.2) is 11.8 Å². The van der Waals surface area contributed by atoms with Crippen molar-refractivity contribution in [2.24, 2.45) is 0 Å². The van der Waals surface area contributed by atoms with Crippen LogP contribution in [0.1, 0.15) is 33.1 Å². The molecule has 0 aromatic heterocycles.